The van der Waals surface area contributed by atoms with E-state index in [1.807, 2.05) is 12.1 Å². The minimum Gasteiger partial charge on any atom is -0.344 e. The van der Waals surface area contributed by atoms with Gasteiger partial charge in [0.15, 0.2) is 5.82 Å². The molecule has 0 bridgehead atoms. The zero-order chi connectivity index (χ0) is 20.9. The van der Waals surface area contributed by atoms with Crippen LogP contribution in [0, 0.1) is 5.82 Å². The summed E-state index contributed by atoms with van der Waals surface area (Å²) < 4.78 is 18.1. The lowest BCUT2D eigenvalue weighted by Gasteiger charge is -2.07. The molecule has 9 heteroatoms. The normalized spacial score (nSPS) is 10.7. The zero-order valence-corrected chi connectivity index (χ0v) is 15.6. The van der Waals surface area contributed by atoms with E-state index in [1.54, 1.807) is 36.5 Å². The van der Waals surface area contributed by atoms with Crippen molar-refractivity contribution in [3.05, 3.63) is 83.9 Å². The topological polar surface area (TPSA) is 110 Å². The standard InChI is InChI=1S/C21H16FN5O3/c22-14-5-1-4-13(10-14)12-24-20(29)21-26-18(27-30-21)11-19(28)25-17-8-2-7-16-15(17)6-3-9-23-16/h1-10H,11-12H2,(H,24,29)(H,25,28). The fraction of sp³-hybridized carbons (Fsp3) is 0.0952. The van der Waals surface area contributed by atoms with Gasteiger partial charge in [-0.05, 0) is 42.0 Å². The smallest absolute Gasteiger partial charge is 0.315 e. The maximum atomic E-state index is 13.2. The lowest BCUT2D eigenvalue weighted by molar-refractivity contribution is -0.115. The number of halogens is 1. The Kier molecular flexibility index (Phi) is 5.42. The molecule has 2 aromatic heterocycles. The van der Waals surface area contributed by atoms with E-state index in [2.05, 4.69) is 25.8 Å². The quantitative estimate of drug-likeness (QED) is 0.510. The maximum absolute atomic E-state index is 13.2. The predicted molar refractivity (Wildman–Crippen MR) is 106 cm³/mol. The Labute approximate surface area is 170 Å². The van der Waals surface area contributed by atoms with Gasteiger partial charge in [-0.15, -0.1) is 0 Å². The van der Waals surface area contributed by atoms with Gasteiger partial charge in [0.05, 0.1) is 17.6 Å². The fourth-order valence-electron chi connectivity index (χ4n) is 2.87. The van der Waals surface area contributed by atoms with Gasteiger partial charge >= 0.3 is 11.8 Å². The van der Waals surface area contributed by atoms with E-state index in [0.717, 1.165) is 10.9 Å². The molecule has 150 valence electrons. The number of nitrogens with one attached hydrogen (secondary N) is 2. The summed E-state index contributed by atoms with van der Waals surface area (Å²) in [5.41, 5.74) is 1.96. The molecule has 0 atom stereocenters. The number of nitrogens with zero attached hydrogens (tertiary/aromatic N) is 3. The van der Waals surface area contributed by atoms with Gasteiger partial charge in [-0.25, -0.2) is 4.39 Å². The third kappa shape index (κ3) is 4.46. The molecule has 2 amide bonds. The lowest BCUT2D eigenvalue weighted by Crippen LogP contribution is -2.23. The molecule has 8 nitrogen and oxygen atoms in total. The molecule has 4 rings (SSSR count). The second kappa shape index (κ2) is 8.48. The van der Waals surface area contributed by atoms with Crippen LogP contribution in [-0.2, 0) is 17.8 Å². The van der Waals surface area contributed by atoms with Crippen molar-refractivity contribution < 1.29 is 18.5 Å². The molecule has 0 saturated carbocycles. The number of carbonyl (C=O) groups is 2. The number of aromatic nitrogens is 3. The molecule has 4 aromatic rings. The number of hydrogen-bond donors (Lipinski definition) is 2. The number of fused-ring (bicyclic) bond motifs is 1. The average molecular weight is 405 g/mol. The van der Waals surface area contributed by atoms with Gasteiger partial charge in [0.2, 0.25) is 5.91 Å². The molecule has 0 aliphatic carbocycles. The first-order valence-corrected chi connectivity index (χ1v) is 9.07. The summed E-state index contributed by atoms with van der Waals surface area (Å²) in [6.45, 7) is 0.101. The van der Waals surface area contributed by atoms with Crippen LogP contribution in [0.15, 0.2) is 65.3 Å². The molecule has 0 saturated heterocycles. The van der Waals surface area contributed by atoms with E-state index in [4.69, 9.17) is 4.52 Å². The SMILES string of the molecule is O=C(Cc1noc(C(=O)NCc2cccc(F)c2)n1)Nc1cccc2ncccc12. The Balaban J connectivity index is 1.36. The van der Waals surface area contributed by atoms with Crippen molar-refractivity contribution in [3.8, 4) is 0 Å². The van der Waals surface area contributed by atoms with Crippen LogP contribution in [0.1, 0.15) is 22.1 Å². The van der Waals surface area contributed by atoms with Gasteiger partial charge in [-0.1, -0.05) is 23.4 Å². The third-order valence-corrected chi connectivity index (χ3v) is 4.24. The average Bonchev–Trinajstić information content (AvgIpc) is 3.21. The second-order valence-electron chi connectivity index (χ2n) is 6.43. The first-order valence-electron chi connectivity index (χ1n) is 9.07. The molecule has 2 N–H and O–H groups in total. The van der Waals surface area contributed by atoms with Crippen molar-refractivity contribution >= 4 is 28.4 Å². The van der Waals surface area contributed by atoms with Crippen LogP contribution in [0.3, 0.4) is 0 Å². The van der Waals surface area contributed by atoms with Crippen molar-refractivity contribution in [2.45, 2.75) is 13.0 Å². The Morgan fingerprint density at radius 2 is 1.93 bits per heavy atom. The van der Waals surface area contributed by atoms with Crippen LogP contribution < -0.4 is 10.6 Å². The van der Waals surface area contributed by atoms with Gasteiger partial charge in [0.25, 0.3) is 0 Å². The predicted octanol–water partition coefficient (Wildman–Crippen LogP) is 2.87. The fourth-order valence-corrected chi connectivity index (χ4v) is 2.87. The number of pyridine rings is 1. The van der Waals surface area contributed by atoms with Crippen LogP contribution in [-0.4, -0.2) is 26.9 Å². The number of hydrogen-bond acceptors (Lipinski definition) is 6. The maximum Gasteiger partial charge on any atom is 0.315 e. The Hall–Kier alpha value is -4.14. The summed E-state index contributed by atoms with van der Waals surface area (Å²) in [6, 6.07) is 14.9. The van der Waals surface area contributed by atoms with Gasteiger partial charge in [0.1, 0.15) is 5.82 Å². The van der Waals surface area contributed by atoms with Crippen molar-refractivity contribution in [3.63, 3.8) is 0 Å². The molecule has 0 aliphatic rings. The number of rotatable bonds is 6. The van der Waals surface area contributed by atoms with Crippen molar-refractivity contribution in [2.75, 3.05) is 5.32 Å². The summed E-state index contributed by atoms with van der Waals surface area (Å²) in [5.74, 6) is -1.57. The highest BCUT2D eigenvalue weighted by Crippen LogP contribution is 2.21. The van der Waals surface area contributed by atoms with E-state index in [-0.39, 0.29) is 30.6 Å². The van der Waals surface area contributed by atoms with Crippen LogP contribution in [0.4, 0.5) is 10.1 Å². The lowest BCUT2D eigenvalue weighted by atomic mass is 10.2. The summed E-state index contributed by atoms with van der Waals surface area (Å²) in [5, 5.41) is 9.82. The van der Waals surface area contributed by atoms with Gasteiger partial charge in [0, 0.05) is 18.1 Å². The molecule has 30 heavy (non-hydrogen) atoms. The highest BCUT2D eigenvalue weighted by atomic mass is 19.1. The number of carbonyl (C=O) groups excluding carboxylic acids is 2. The Morgan fingerprint density at radius 1 is 1.07 bits per heavy atom. The summed E-state index contributed by atoms with van der Waals surface area (Å²) in [4.78, 5) is 32.7. The van der Waals surface area contributed by atoms with E-state index < -0.39 is 11.7 Å². The molecule has 2 aromatic carbocycles. The highest BCUT2D eigenvalue weighted by Gasteiger charge is 2.17. The van der Waals surface area contributed by atoms with Gasteiger partial charge in [-0.2, -0.15) is 4.98 Å². The monoisotopic (exact) mass is 405 g/mol. The van der Waals surface area contributed by atoms with Crippen LogP contribution in [0.25, 0.3) is 10.9 Å². The minimum absolute atomic E-state index is 0.0711. The molecule has 0 fully saturated rings. The molecule has 0 spiro atoms. The van der Waals surface area contributed by atoms with E-state index >= 15 is 0 Å². The summed E-state index contributed by atoms with van der Waals surface area (Å²) in [7, 11) is 0. The Bertz CT molecular complexity index is 1220. The molecule has 0 aliphatic heterocycles. The molecule has 0 radical (unpaired) electrons. The third-order valence-electron chi connectivity index (χ3n) is 4.24. The summed E-state index contributed by atoms with van der Waals surface area (Å²) >= 11 is 0. The molecular weight excluding hydrogens is 389 g/mol. The molecule has 0 unspecified atom stereocenters. The summed E-state index contributed by atoms with van der Waals surface area (Å²) in [6.07, 6.45) is 1.51. The van der Waals surface area contributed by atoms with E-state index in [0.29, 0.717) is 11.3 Å². The molecular formula is C21H16FN5O3. The minimum atomic E-state index is -0.612. The van der Waals surface area contributed by atoms with Crippen LogP contribution in [0.2, 0.25) is 0 Å². The van der Waals surface area contributed by atoms with Crippen molar-refractivity contribution in [1.82, 2.24) is 20.4 Å². The molecule has 2 heterocycles. The number of amides is 2. The largest absolute Gasteiger partial charge is 0.344 e. The highest BCUT2D eigenvalue weighted by molar-refractivity contribution is 6.01. The van der Waals surface area contributed by atoms with Crippen molar-refractivity contribution in [1.29, 1.82) is 0 Å². The first-order chi connectivity index (χ1) is 14.6. The van der Waals surface area contributed by atoms with Gasteiger partial charge < -0.3 is 15.2 Å². The van der Waals surface area contributed by atoms with E-state index in [9.17, 15) is 14.0 Å². The number of benzene rings is 2. The van der Waals surface area contributed by atoms with Crippen LogP contribution in [0.5, 0.6) is 0 Å². The van der Waals surface area contributed by atoms with E-state index in [1.165, 1.54) is 12.1 Å². The zero-order valence-electron chi connectivity index (χ0n) is 15.6. The van der Waals surface area contributed by atoms with Gasteiger partial charge in [-0.3, -0.25) is 14.6 Å². The number of anilines is 1. The first kappa shape index (κ1) is 19.2. The Morgan fingerprint density at radius 3 is 2.80 bits per heavy atom. The van der Waals surface area contributed by atoms with Crippen molar-refractivity contribution in [2.24, 2.45) is 0 Å². The second-order valence-corrected chi connectivity index (χ2v) is 6.43. The van der Waals surface area contributed by atoms with Crippen LogP contribution >= 0.6 is 0 Å².